The van der Waals surface area contributed by atoms with Crippen molar-refractivity contribution in [3.05, 3.63) is 41.2 Å². The van der Waals surface area contributed by atoms with Gasteiger partial charge in [-0.1, -0.05) is 23.5 Å². The molecule has 0 saturated carbocycles. The number of amides is 3. The van der Waals surface area contributed by atoms with E-state index in [9.17, 15) is 9.59 Å². The fourth-order valence-electron chi connectivity index (χ4n) is 5.09. The minimum Gasteiger partial charge on any atom is -0.302 e. The molecule has 0 N–H and O–H groups in total. The lowest BCUT2D eigenvalue weighted by Gasteiger charge is -2.35. The molecule has 1 aromatic carbocycles. The first kappa shape index (κ1) is 20.9. The van der Waals surface area contributed by atoms with Crippen LogP contribution in [-0.4, -0.2) is 70.3 Å². The number of hydrogen-bond donors (Lipinski definition) is 0. The zero-order valence-corrected chi connectivity index (χ0v) is 19.3. The number of carbonyl (C=O) groups excluding carboxylic acids is 2. The summed E-state index contributed by atoms with van der Waals surface area (Å²) in [5.41, 5.74) is 4.42. The maximum Gasteiger partial charge on any atom is 0.406 e. The summed E-state index contributed by atoms with van der Waals surface area (Å²) in [6, 6.07) is 5.31. The van der Waals surface area contributed by atoms with Gasteiger partial charge in [-0.15, -0.1) is 0 Å². The van der Waals surface area contributed by atoms with E-state index in [4.69, 9.17) is 4.99 Å². The predicted octanol–water partition coefficient (Wildman–Crippen LogP) is 2.65. The van der Waals surface area contributed by atoms with Crippen molar-refractivity contribution in [2.45, 2.75) is 46.1 Å². The zero-order valence-electron chi connectivity index (χ0n) is 19.3. The van der Waals surface area contributed by atoms with Crippen LogP contribution >= 0.6 is 0 Å². The monoisotopic (exact) mass is 435 g/mol. The Morgan fingerprint density at radius 2 is 1.81 bits per heavy atom. The van der Waals surface area contributed by atoms with E-state index in [0.29, 0.717) is 18.3 Å². The molecule has 8 nitrogen and oxygen atoms in total. The van der Waals surface area contributed by atoms with Gasteiger partial charge in [0.1, 0.15) is 17.6 Å². The molecular formula is C24H31N6O2+. The molecule has 168 valence electrons. The van der Waals surface area contributed by atoms with Crippen LogP contribution in [0.15, 0.2) is 29.4 Å². The van der Waals surface area contributed by atoms with Gasteiger partial charge in [-0.05, 0) is 63.9 Å². The van der Waals surface area contributed by atoms with Crippen molar-refractivity contribution in [3.63, 3.8) is 0 Å². The van der Waals surface area contributed by atoms with Crippen molar-refractivity contribution in [1.82, 2.24) is 19.3 Å². The second-order valence-corrected chi connectivity index (χ2v) is 9.14. The fourth-order valence-corrected chi connectivity index (χ4v) is 5.09. The molecule has 3 aliphatic rings. The van der Waals surface area contributed by atoms with Gasteiger partial charge < -0.3 is 4.90 Å². The number of aryl methyl sites for hydroxylation is 2. The Morgan fingerprint density at radius 3 is 2.56 bits per heavy atom. The molecule has 0 radical (unpaired) electrons. The van der Waals surface area contributed by atoms with E-state index in [2.05, 4.69) is 35.4 Å². The van der Waals surface area contributed by atoms with Crippen molar-refractivity contribution >= 4 is 23.7 Å². The first-order chi connectivity index (χ1) is 15.4. The number of imide groups is 1. The molecule has 5 rings (SSSR count). The molecular weight excluding hydrogens is 404 g/mol. The van der Waals surface area contributed by atoms with Gasteiger partial charge in [-0.2, -0.15) is 4.57 Å². The van der Waals surface area contributed by atoms with Crippen LogP contribution in [0, 0.1) is 20.8 Å². The van der Waals surface area contributed by atoms with E-state index in [-0.39, 0.29) is 11.9 Å². The Balaban J connectivity index is 1.49. The summed E-state index contributed by atoms with van der Waals surface area (Å²) in [6.07, 6.45) is 5.61. The van der Waals surface area contributed by atoms with Crippen molar-refractivity contribution in [1.29, 1.82) is 0 Å². The molecule has 8 heteroatoms. The molecule has 3 amide bonds. The zero-order chi connectivity index (χ0) is 22.6. The van der Waals surface area contributed by atoms with Crippen molar-refractivity contribution in [3.8, 4) is 5.69 Å². The smallest absolute Gasteiger partial charge is 0.302 e. The Morgan fingerprint density at radius 1 is 1.06 bits per heavy atom. The molecule has 1 aromatic heterocycles. The molecule has 1 atom stereocenters. The van der Waals surface area contributed by atoms with Gasteiger partial charge in [0.05, 0.1) is 0 Å². The van der Waals surface area contributed by atoms with E-state index >= 15 is 0 Å². The highest BCUT2D eigenvalue weighted by Gasteiger charge is 2.53. The van der Waals surface area contributed by atoms with Gasteiger partial charge in [0.25, 0.3) is 5.91 Å². The number of piperidine rings is 1. The number of imidazole rings is 1. The molecule has 0 spiro atoms. The maximum absolute atomic E-state index is 13.5. The summed E-state index contributed by atoms with van der Waals surface area (Å²) in [5, 5.41) is 0. The Bertz CT molecular complexity index is 1130. The number of nitrogens with zero attached hydrogens (tertiary/aromatic N) is 6. The molecule has 1 unspecified atom stereocenters. The number of hydrogen-bond acceptors (Lipinski definition) is 4. The Hall–Kier alpha value is -3.00. The number of carbonyl (C=O) groups is 2. The number of urea groups is 1. The molecule has 0 bridgehead atoms. The third-order valence-corrected chi connectivity index (χ3v) is 7.11. The van der Waals surface area contributed by atoms with Crippen LogP contribution in [0.5, 0.6) is 0 Å². The van der Waals surface area contributed by atoms with E-state index < -0.39 is 6.04 Å². The summed E-state index contributed by atoms with van der Waals surface area (Å²) in [4.78, 5) is 36.7. The number of likely N-dealkylation sites (tertiary alicyclic amines) is 1. The van der Waals surface area contributed by atoms with Crippen molar-refractivity contribution in [2.24, 2.45) is 4.99 Å². The number of likely N-dealkylation sites (N-methyl/N-ethyl adjacent to an activating group) is 1. The molecule has 32 heavy (non-hydrogen) atoms. The largest absolute Gasteiger partial charge is 0.406 e. The third kappa shape index (κ3) is 3.16. The van der Waals surface area contributed by atoms with Crippen LogP contribution in [0.3, 0.4) is 0 Å². The van der Waals surface area contributed by atoms with Gasteiger partial charge in [0.2, 0.25) is 11.9 Å². The molecule has 3 aliphatic heterocycles. The Kier molecular flexibility index (Phi) is 5.12. The predicted molar refractivity (Wildman–Crippen MR) is 121 cm³/mol. The first-order valence-electron chi connectivity index (χ1n) is 11.5. The highest BCUT2D eigenvalue weighted by molar-refractivity contribution is 6.19. The van der Waals surface area contributed by atoms with Gasteiger partial charge in [-0.3, -0.25) is 14.6 Å². The summed E-state index contributed by atoms with van der Waals surface area (Å²) < 4.78 is 4.00. The van der Waals surface area contributed by atoms with Crippen LogP contribution < -0.4 is 4.57 Å². The standard InChI is InChI=1S/C24H31N6O2/c1-16-9-8-10-19(18(16)3)30-17(2)15-29-20-21(25-23(29)30)26(4)24(32)28(22(20)31)14-13-27-11-6-5-7-12-27/h8-10,15,20H,5-7,11-14H2,1-4H3/q+1. The highest BCUT2D eigenvalue weighted by Crippen LogP contribution is 2.32. The average molecular weight is 436 g/mol. The molecule has 2 fully saturated rings. The first-order valence-corrected chi connectivity index (χ1v) is 11.5. The van der Waals surface area contributed by atoms with Crippen LogP contribution in [0.4, 0.5) is 10.7 Å². The topological polar surface area (TPSA) is 65.0 Å². The summed E-state index contributed by atoms with van der Waals surface area (Å²) >= 11 is 0. The minimum atomic E-state index is -0.598. The van der Waals surface area contributed by atoms with Gasteiger partial charge in [0, 0.05) is 20.1 Å². The second-order valence-electron chi connectivity index (χ2n) is 9.14. The molecule has 4 heterocycles. The SMILES string of the molecule is Cc1cccc(-n2c(C)c[n+]3c2N=C2C3C(=O)N(CCN3CCCCC3)C(=O)N2C)c1C. The number of fused-ring (bicyclic) bond motifs is 3. The lowest BCUT2D eigenvalue weighted by molar-refractivity contribution is -0.676. The highest BCUT2D eigenvalue weighted by atomic mass is 16.2. The van der Waals surface area contributed by atoms with Crippen LogP contribution in [0.1, 0.15) is 42.1 Å². The number of aliphatic imine (C=N–C) groups is 1. The van der Waals surface area contributed by atoms with E-state index in [1.807, 2.05) is 23.8 Å². The Labute approximate surface area is 188 Å². The van der Waals surface area contributed by atoms with Crippen molar-refractivity contribution < 1.29 is 14.2 Å². The van der Waals surface area contributed by atoms with Gasteiger partial charge in [-0.25, -0.2) is 9.36 Å². The lowest BCUT2D eigenvalue weighted by atomic mass is 10.1. The average Bonchev–Trinajstić information content (AvgIpc) is 3.30. The van der Waals surface area contributed by atoms with Crippen LogP contribution in [-0.2, 0) is 4.79 Å². The normalized spacial score (nSPS) is 21.1. The fraction of sp³-hybridized carbons (Fsp3) is 0.500. The minimum absolute atomic E-state index is 0.189. The maximum atomic E-state index is 13.5. The number of benzene rings is 1. The summed E-state index contributed by atoms with van der Waals surface area (Å²) in [5.74, 6) is 0.996. The van der Waals surface area contributed by atoms with E-state index in [1.165, 1.54) is 40.2 Å². The molecule has 2 aromatic rings. The number of aromatic nitrogens is 2. The third-order valence-electron chi connectivity index (χ3n) is 7.11. The van der Waals surface area contributed by atoms with Crippen molar-refractivity contribution in [2.75, 3.05) is 33.2 Å². The van der Waals surface area contributed by atoms with Crippen LogP contribution in [0.2, 0.25) is 0 Å². The summed E-state index contributed by atoms with van der Waals surface area (Å²) in [6.45, 7) is 9.44. The van der Waals surface area contributed by atoms with Crippen LogP contribution in [0.25, 0.3) is 5.69 Å². The second kappa shape index (κ2) is 7.85. The van der Waals surface area contributed by atoms with Gasteiger partial charge in [0.15, 0.2) is 0 Å². The molecule has 0 aliphatic carbocycles. The number of rotatable bonds is 4. The molecule has 2 saturated heterocycles. The van der Waals surface area contributed by atoms with E-state index in [1.54, 1.807) is 7.05 Å². The van der Waals surface area contributed by atoms with Gasteiger partial charge >= 0.3 is 12.0 Å². The number of amidine groups is 1. The quantitative estimate of drug-likeness (QED) is 0.694. The van der Waals surface area contributed by atoms with E-state index in [0.717, 1.165) is 31.0 Å². The summed E-state index contributed by atoms with van der Waals surface area (Å²) in [7, 11) is 1.72. The lowest BCUT2D eigenvalue weighted by Crippen LogP contribution is -2.63.